The summed E-state index contributed by atoms with van der Waals surface area (Å²) in [5.74, 6) is 0.000329. The molecule has 0 aliphatic carbocycles. The van der Waals surface area contributed by atoms with Crippen LogP contribution in [0.25, 0.3) is 0 Å². The SMILES string of the molecule is CC(=O)c1ccc(NC(=O)CN2CCN(c3cccc(C)c3C)CC2)cc1.Cl. The first-order chi connectivity index (χ1) is 12.9. The second-order valence-corrected chi connectivity index (χ2v) is 7.16. The minimum absolute atomic E-state index is 0. The van der Waals surface area contributed by atoms with Gasteiger partial charge in [-0.25, -0.2) is 0 Å². The monoisotopic (exact) mass is 401 g/mol. The van der Waals surface area contributed by atoms with Crippen LogP contribution in [-0.2, 0) is 4.79 Å². The fraction of sp³-hybridized carbons (Fsp3) is 0.364. The molecule has 1 aliphatic rings. The molecule has 1 amide bonds. The third kappa shape index (κ3) is 5.33. The van der Waals surface area contributed by atoms with Gasteiger partial charge in [0.1, 0.15) is 0 Å². The number of nitrogens with one attached hydrogen (secondary N) is 1. The number of Topliss-reactive ketones (excluding diaryl/α,β-unsaturated/α-hetero) is 1. The second kappa shape index (κ2) is 9.71. The van der Waals surface area contributed by atoms with Crippen LogP contribution in [0.5, 0.6) is 0 Å². The standard InChI is InChI=1S/C22H27N3O2.ClH/c1-16-5-4-6-21(17(16)2)25-13-11-24(12-14-25)15-22(27)23-20-9-7-19(8-10-20)18(3)26;/h4-10H,11-15H2,1-3H3,(H,23,27);1H. The molecule has 2 aromatic carbocycles. The molecule has 1 saturated heterocycles. The van der Waals surface area contributed by atoms with Gasteiger partial charge in [0, 0.05) is 43.1 Å². The van der Waals surface area contributed by atoms with Crippen LogP contribution in [0.3, 0.4) is 0 Å². The minimum Gasteiger partial charge on any atom is -0.369 e. The lowest BCUT2D eigenvalue weighted by Crippen LogP contribution is -2.48. The molecule has 0 spiro atoms. The van der Waals surface area contributed by atoms with Gasteiger partial charge in [0.05, 0.1) is 6.54 Å². The van der Waals surface area contributed by atoms with Gasteiger partial charge in [-0.1, -0.05) is 12.1 Å². The number of anilines is 2. The van der Waals surface area contributed by atoms with Crippen molar-refractivity contribution in [3.8, 4) is 0 Å². The molecular formula is C22H28ClN3O2. The number of carbonyl (C=O) groups excluding carboxylic acids is 2. The number of nitrogens with zero attached hydrogens (tertiary/aromatic N) is 2. The molecule has 28 heavy (non-hydrogen) atoms. The van der Waals surface area contributed by atoms with Crippen molar-refractivity contribution in [1.82, 2.24) is 4.90 Å². The Morgan fingerprint density at radius 1 is 0.964 bits per heavy atom. The van der Waals surface area contributed by atoms with Crippen LogP contribution >= 0.6 is 12.4 Å². The lowest BCUT2D eigenvalue weighted by atomic mass is 10.1. The first-order valence-electron chi connectivity index (χ1n) is 9.38. The van der Waals surface area contributed by atoms with Crippen molar-refractivity contribution in [3.05, 3.63) is 59.2 Å². The number of carbonyl (C=O) groups is 2. The Morgan fingerprint density at radius 2 is 1.61 bits per heavy atom. The summed E-state index contributed by atoms with van der Waals surface area (Å²) in [6.07, 6.45) is 0. The number of rotatable bonds is 5. The van der Waals surface area contributed by atoms with E-state index < -0.39 is 0 Å². The highest BCUT2D eigenvalue weighted by Gasteiger charge is 2.20. The van der Waals surface area contributed by atoms with Crippen LogP contribution in [0.15, 0.2) is 42.5 Å². The van der Waals surface area contributed by atoms with Gasteiger partial charge >= 0.3 is 0 Å². The molecule has 1 fully saturated rings. The summed E-state index contributed by atoms with van der Waals surface area (Å²) in [7, 11) is 0. The maximum absolute atomic E-state index is 12.3. The van der Waals surface area contributed by atoms with Crippen molar-refractivity contribution in [2.45, 2.75) is 20.8 Å². The van der Waals surface area contributed by atoms with Crippen LogP contribution in [0.1, 0.15) is 28.4 Å². The molecule has 5 nitrogen and oxygen atoms in total. The normalized spacial score (nSPS) is 14.3. The molecule has 1 aliphatic heterocycles. The summed E-state index contributed by atoms with van der Waals surface area (Å²) in [4.78, 5) is 28.2. The van der Waals surface area contributed by atoms with E-state index in [9.17, 15) is 9.59 Å². The van der Waals surface area contributed by atoms with Gasteiger partial charge in [-0.3, -0.25) is 14.5 Å². The van der Waals surface area contributed by atoms with Gasteiger partial charge in [0.15, 0.2) is 5.78 Å². The first-order valence-corrected chi connectivity index (χ1v) is 9.38. The van der Waals surface area contributed by atoms with E-state index in [-0.39, 0.29) is 24.1 Å². The topological polar surface area (TPSA) is 52.7 Å². The Labute approximate surface area is 173 Å². The van der Waals surface area contributed by atoms with E-state index in [4.69, 9.17) is 0 Å². The van der Waals surface area contributed by atoms with Gasteiger partial charge in [0.2, 0.25) is 5.91 Å². The van der Waals surface area contributed by atoms with E-state index in [1.165, 1.54) is 23.7 Å². The van der Waals surface area contributed by atoms with Crippen LogP contribution in [0.2, 0.25) is 0 Å². The van der Waals surface area contributed by atoms with Gasteiger partial charge in [-0.2, -0.15) is 0 Å². The molecule has 6 heteroatoms. The molecule has 2 aromatic rings. The Hall–Kier alpha value is -2.37. The number of ketones is 1. The summed E-state index contributed by atoms with van der Waals surface area (Å²) < 4.78 is 0. The quantitative estimate of drug-likeness (QED) is 0.776. The Balaban J connectivity index is 0.00000280. The lowest BCUT2D eigenvalue weighted by molar-refractivity contribution is -0.117. The maximum Gasteiger partial charge on any atom is 0.238 e. The fourth-order valence-corrected chi connectivity index (χ4v) is 3.42. The summed E-state index contributed by atoms with van der Waals surface area (Å²) in [6, 6.07) is 13.4. The highest BCUT2D eigenvalue weighted by Crippen LogP contribution is 2.23. The van der Waals surface area contributed by atoms with Crippen molar-refractivity contribution >= 4 is 35.5 Å². The van der Waals surface area contributed by atoms with Gasteiger partial charge in [-0.15, -0.1) is 12.4 Å². The van der Waals surface area contributed by atoms with Crippen molar-refractivity contribution in [2.24, 2.45) is 0 Å². The molecule has 1 heterocycles. The summed E-state index contributed by atoms with van der Waals surface area (Å²) in [5, 5.41) is 2.91. The van der Waals surface area contributed by atoms with Gasteiger partial charge in [-0.05, 0) is 62.2 Å². The van der Waals surface area contributed by atoms with Crippen molar-refractivity contribution in [2.75, 3.05) is 42.9 Å². The molecule has 1 N–H and O–H groups in total. The Kier molecular flexibility index (Phi) is 7.61. The Morgan fingerprint density at radius 3 is 2.21 bits per heavy atom. The largest absolute Gasteiger partial charge is 0.369 e. The highest BCUT2D eigenvalue weighted by molar-refractivity contribution is 5.96. The highest BCUT2D eigenvalue weighted by atomic mass is 35.5. The maximum atomic E-state index is 12.3. The number of hydrogen-bond acceptors (Lipinski definition) is 4. The molecule has 0 atom stereocenters. The summed E-state index contributed by atoms with van der Waals surface area (Å²) in [6.45, 7) is 9.80. The number of amides is 1. The third-order valence-corrected chi connectivity index (χ3v) is 5.23. The zero-order chi connectivity index (χ0) is 19.4. The predicted octanol–water partition coefficient (Wildman–Crippen LogP) is 3.69. The molecule has 3 rings (SSSR count). The van der Waals surface area contributed by atoms with E-state index >= 15 is 0 Å². The number of piperazine rings is 1. The molecule has 0 radical (unpaired) electrons. The predicted molar refractivity (Wildman–Crippen MR) is 117 cm³/mol. The minimum atomic E-state index is -0.0224. The molecular weight excluding hydrogens is 374 g/mol. The summed E-state index contributed by atoms with van der Waals surface area (Å²) >= 11 is 0. The average molecular weight is 402 g/mol. The molecule has 0 aromatic heterocycles. The molecule has 0 unspecified atom stereocenters. The third-order valence-electron chi connectivity index (χ3n) is 5.23. The Bertz CT molecular complexity index is 828. The number of hydrogen-bond donors (Lipinski definition) is 1. The van der Waals surface area contributed by atoms with Crippen molar-refractivity contribution in [3.63, 3.8) is 0 Å². The van der Waals surface area contributed by atoms with Gasteiger partial charge in [0.25, 0.3) is 0 Å². The summed E-state index contributed by atoms with van der Waals surface area (Å²) in [5.41, 5.74) is 5.31. The number of benzene rings is 2. The molecule has 0 saturated carbocycles. The molecule has 150 valence electrons. The van der Waals surface area contributed by atoms with E-state index in [0.717, 1.165) is 31.9 Å². The van der Waals surface area contributed by atoms with Crippen LogP contribution in [0.4, 0.5) is 11.4 Å². The van der Waals surface area contributed by atoms with E-state index in [0.29, 0.717) is 12.1 Å². The first kappa shape index (κ1) is 21.9. The number of halogens is 1. The van der Waals surface area contributed by atoms with Crippen LogP contribution in [-0.4, -0.2) is 49.3 Å². The van der Waals surface area contributed by atoms with Crippen LogP contribution < -0.4 is 10.2 Å². The van der Waals surface area contributed by atoms with E-state index in [2.05, 4.69) is 47.2 Å². The zero-order valence-corrected chi connectivity index (χ0v) is 17.5. The van der Waals surface area contributed by atoms with E-state index in [1.807, 2.05) is 0 Å². The van der Waals surface area contributed by atoms with E-state index in [1.54, 1.807) is 24.3 Å². The average Bonchev–Trinajstić information content (AvgIpc) is 2.65. The molecule has 0 bridgehead atoms. The second-order valence-electron chi connectivity index (χ2n) is 7.16. The van der Waals surface area contributed by atoms with Crippen molar-refractivity contribution < 1.29 is 9.59 Å². The smallest absolute Gasteiger partial charge is 0.238 e. The van der Waals surface area contributed by atoms with Crippen molar-refractivity contribution in [1.29, 1.82) is 0 Å². The fourth-order valence-electron chi connectivity index (χ4n) is 3.42. The van der Waals surface area contributed by atoms with Crippen LogP contribution in [0, 0.1) is 13.8 Å². The van der Waals surface area contributed by atoms with Gasteiger partial charge < -0.3 is 10.2 Å². The number of aryl methyl sites for hydroxylation is 1. The lowest BCUT2D eigenvalue weighted by Gasteiger charge is -2.36. The zero-order valence-electron chi connectivity index (χ0n) is 16.7.